The van der Waals surface area contributed by atoms with Gasteiger partial charge in [-0.1, -0.05) is 0 Å². The van der Waals surface area contributed by atoms with Gasteiger partial charge in [0, 0.05) is 0 Å². The van der Waals surface area contributed by atoms with Gasteiger partial charge < -0.3 is 19.3 Å². The van der Waals surface area contributed by atoms with Crippen LogP contribution in [0.5, 0.6) is 5.75 Å². The number of aliphatic hydroxyl groups excluding tert-OH is 1. The molecule has 8 heteroatoms. The summed E-state index contributed by atoms with van der Waals surface area (Å²) in [4.78, 5) is -0.179. The molecule has 0 saturated carbocycles. The van der Waals surface area contributed by atoms with Gasteiger partial charge in [-0.3, -0.25) is 4.55 Å². The molecular weight excluding hydrogens is 288 g/mol. The van der Waals surface area contributed by atoms with Crippen LogP contribution in [0.4, 0.5) is 0 Å². The summed E-state index contributed by atoms with van der Waals surface area (Å²) in [5.41, 5.74) is 0. The molecular formula is C12H18O7S. The minimum Gasteiger partial charge on any atom is -0.491 e. The molecule has 0 saturated heterocycles. The lowest BCUT2D eigenvalue weighted by molar-refractivity contribution is 0.0247. The maximum absolute atomic E-state index is 10.8. The van der Waals surface area contributed by atoms with Crippen LogP contribution in [-0.2, 0) is 19.6 Å². The van der Waals surface area contributed by atoms with Gasteiger partial charge in [-0.2, -0.15) is 8.42 Å². The Morgan fingerprint density at radius 3 is 2.00 bits per heavy atom. The van der Waals surface area contributed by atoms with Crippen LogP contribution in [0.15, 0.2) is 29.2 Å². The van der Waals surface area contributed by atoms with E-state index < -0.39 is 10.1 Å². The van der Waals surface area contributed by atoms with Crippen molar-refractivity contribution in [2.75, 3.05) is 39.6 Å². The maximum Gasteiger partial charge on any atom is 0.294 e. The van der Waals surface area contributed by atoms with E-state index in [-0.39, 0.29) is 11.5 Å². The molecule has 7 nitrogen and oxygen atoms in total. The van der Waals surface area contributed by atoms with E-state index in [4.69, 9.17) is 23.9 Å². The molecule has 114 valence electrons. The molecule has 0 amide bonds. The third-order valence-electron chi connectivity index (χ3n) is 2.23. The Kier molecular flexibility index (Phi) is 7.48. The summed E-state index contributed by atoms with van der Waals surface area (Å²) in [6.45, 7) is 1.77. The molecule has 0 unspecified atom stereocenters. The number of benzene rings is 1. The molecule has 0 aliphatic heterocycles. The van der Waals surface area contributed by atoms with E-state index in [1.54, 1.807) is 0 Å². The summed E-state index contributed by atoms with van der Waals surface area (Å²) in [6.07, 6.45) is 0. The molecule has 0 spiro atoms. The van der Waals surface area contributed by atoms with Crippen LogP contribution < -0.4 is 4.74 Å². The number of ether oxygens (including phenoxy) is 3. The molecule has 0 bridgehead atoms. The fraction of sp³-hybridized carbons (Fsp3) is 0.500. The molecule has 1 rings (SSSR count). The van der Waals surface area contributed by atoms with Crippen molar-refractivity contribution in [1.82, 2.24) is 0 Å². The maximum atomic E-state index is 10.8. The molecule has 1 aromatic carbocycles. The average molecular weight is 306 g/mol. The second kappa shape index (κ2) is 8.88. The second-order valence-electron chi connectivity index (χ2n) is 3.74. The van der Waals surface area contributed by atoms with Crippen molar-refractivity contribution in [2.45, 2.75) is 4.90 Å². The van der Waals surface area contributed by atoms with E-state index in [2.05, 4.69) is 0 Å². The van der Waals surface area contributed by atoms with Crippen molar-refractivity contribution in [3.63, 3.8) is 0 Å². The van der Waals surface area contributed by atoms with Gasteiger partial charge in [0.05, 0.1) is 37.9 Å². The predicted molar refractivity (Wildman–Crippen MR) is 70.5 cm³/mol. The third kappa shape index (κ3) is 6.83. The molecule has 0 heterocycles. The molecule has 0 atom stereocenters. The highest BCUT2D eigenvalue weighted by Crippen LogP contribution is 2.15. The standard InChI is InChI=1S/C12H18O7S/c13-5-6-17-7-8-18-9-10-19-11-1-3-12(4-2-11)20(14,15)16/h1-4,13H,5-10H2,(H,14,15,16). The van der Waals surface area contributed by atoms with Crippen molar-refractivity contribution in [3.8, 4) is 5.75 Å². The summed E-state index contributed by atoms with van der Waals surface area (Å²) in [7, 11) is -4.17. The third-order valence-corrected chi connectivity index (χ3v) is 3.09. The Bertz CT molecular complexity index is 469. The summed E-state index contributed by atoms with van der Waals surface area (Å²) < 4.78 is 46.0. The smallest absolute Gasteiger partial charge is 0.294 e. The van der Waals surface area contributed by atoms with Crippen molar-refractivity contribution in [3.05, 3.63) is 24.3 Å². The van der Waals surface area contributed by atoms with Gasteiger partial charge in [-0.25, -0.2) is 0 Å². The highest BCUT2D eigenvalue weighted by Gasteiger charge is 2.08. The Morgan fingerprint density at radius 1 is 0.900 bits per heavy atom. The quantitative estimate of drug-likeness (QED) is 0.474. The van der Waals surface area contributed by atoms with Gasteiger partial charge >= 0.3 is 0 Å². The zero-order valence-electron chi connectivity index (χ0n) is 10.9. The van der Waals surface area contributed by atoms with Crippen LogP contribution in [-0.4, -0.2) is 57.7 Å². The van der Waals surface area contributed by atoms with Crippen LogP contribution >= 0.6 is 0 Å². The van der Waals surface area contributed by atoms with Gasteiger partial charge in [-0.05, 0) is 24.3 Å². The molecule has 0 radical (unpaired) electrons. The number of aliphatic hydroxyl groups is 1. The van der Waals surface area contributed by atoms with E-state index >= 15 is 0 Å². The zero-order valence-corrected chi connectivity index (χ0v) is 11.7. The normalized spacial score (nSPS) is 11.5. The van der Waals surface area contributed by atoms with Gasteiger partial charge in [0.1, 0.15) is 12.4 Å². The molecule has 0 aromatic heterocycles. The summed E-state index contributed by atoms with van der Waals surface area (Å²) in [5, 5.41) is 8.46. The van der Waals surface area contributed by atoms with Crippen LogP contribution in [0.25, 0.3) is 0 Å². The largest absolute Gasteiger partial charge is 0.491 e. The fourth-order valence-corrected chi connectivity index (χ4v) is 1.79. The number of hydrogen-bond acceptors (Lipinski definition) is 6. The van der Waals surface area contributed by atoms with E-state index in [0.29, 0.717) is 38.8 Å². The number of rotatable bonds is 10. The van der Waals surface area contributed by atoms with Crippen molar-refractivity contribution >= 4 is 10.1 Å². The topological polar surface area (TPSA) is 102 Å². The first-order valence-corrected chi connectivity index (χ1v) is 7.45. The van der Waals surface area contributed by atoms with E-state index in [1.807, 2.05) is 0 Å². The van der Waals surface area contributed by atoms with Crippen LogP contribution in [0.1, 0.15) is 0 Å². The number of hydrogen-bond donors (Lipinski definition) is 2. The van der Waals surface area contributed by atoms with Gasteiger partial charge in [0.2, 0.25) is 0 Å². The summed E-state index contributed by atoms with van der Waals surface area (Å²) in [5.74, 6) is 0.484. The van der Waals surface area contributed by atoms with Gasteiger partial charge in [0.25, 0.3) is 10.1 Å². The highest BCUT2D eigenvalue weighted by molar-refractivity contribution is 7.85. The van der Waals surface area contributed by atoms with Crippen molar-refractivity contribution < 1.29 is 32.3 Å². The van der Waals surface area contributed by atoms with E-state index in [9.17, 15) is 8.42 Å². The fourth-order valence-electron chi connectivity index (χ4n) is 1.31. The first-order valence-electron chi connectivity index (χ1n) is 6.01. The lowest BCUT2D eigenvalue weighted by Crippen LogP contribution is -2.12. The van der Waals surface area contributed by atoms with Crippen LogP contribution in [0, 0.1) is 0 Å². The molecule has 2 N–H and O–H groups in total. The first-order chi connectivity index (χ1) is 9.54. The summed E-state index contributed by atoms with van der Waals surface area (Å²) >= 11 is 0. The molecule has 1 aromatic rings. The van der Waals surface area contributed by atoms with E-state index in [1.165, 1.54) is 24.3 Å². The van der Waals surface area contributed by atoms with Crippen molar-refractivity contribution in [2.24, 2.45) is 0 Å². The minimum atomic E-state index is -4.17. The van der Waals surface area contributed by atoms with Crippen LogP contribution in [0.2, 0.25) is 0 Å². The Labute approximate surface area is 117 Å². The SMILES string of the molecule is O=S(=O)(O)c1ccc(OCCOCCOCCO)cc1. The van der Waals surface area contributed by atoms with E-state index in [0.717, 1.165) is 0 Å². The molecule has 0 aliphatic rings. The molecule has 0 aliphatic carbocycles. The Balaban J connectivity index is 2.16. The highest BCUT2D eigenvalue weighted by atomic mass is 32.2. The predicted octanol–water partition coefficient (Wildman–Crippen LogP) is 0.338. The lowest BCUT2D eigenvalue weighted by atomic mass is 10.3. The first kappa shape index (κ1) is 16.9. The van der Waals surface area contributed by atoms with Crippen molar-refractivity contribution in [1.29, 1.82) is 0 Å². The zero-order chi connectivity index (χ0) is 14.8. The lowest BCUT2D eigenvalue weighted by Gasteiger charge is -2.07. The Morgan fingerprint density at radius 2 is 1.45 bits per heavy atom. The second-order valence-corrected chi connectivity index (χ2v) is 5.16. The van der Waals surface area contributed by atoms with Gasteiger partial charge in [-0.15, -0.1) is 0 Å². The van der Waals surface area contributed by atoms with Gasteiger partial charge in [0.15, 0.2) is 0 Å². The monoisotopic (exact) mass is 306 g/mol. The minimum absolute atomic E-state index is 0.0112. The molecule has 20 heavy (non-hydrogen) atoms. The van der Waals surface area contributed by atoms with Crippen LogP contribution in [0.3, 0.4) is 0 Å². The summed E-state index contributed by atoms with van der Waals surface area (Å²) in [6, 6.07) is 5.42. The average Bonchev–Trinajstić information content (AvgIpc) is 2.41. The Hall–Kier alpha value is -1.19. The molecule has 0 fully saturated rings.